The monoisotopic (exact) mass is 582 g/mol. The van der Waals surface area contributed by atoms with Gasteiger partial charge >= 0.3 is 0 Å². The lowest BCUT2D eigenvalue weighted by molar-refractivity contribution is -0.134. The molecule has 0 aliphatic carbocycles. The van der Waals surface area contributed by atoms with Crippen LogP contribution in [0.15, 0.2) is 0 Å². The molecule has 4 amide bonds. The van der Waals surface area contributed by atoms with Crippen LogP contribution in [0.3, 0.4) is 0 Å². The van der Waals surface area contributed by atoms with Crippen molar-refractivity contribution >= 4 is 29.9 Å². The summed E-state index contributed by atoms with van der Waals surface area (Å²) < 4.78 is 0. The Morgan fingerprint density at radius 2 is 1.00 bits per heavy atom. The van der Waals surface area contributed by atoms with Crippen molar-refractivity contribution in [3.8, 4) is 0 Å². The molecule has 11 heteroatoms. The number of unbranched alkanes of at least 4 members (excludes halogenated alkanes) is 1. The maximum Gasteiger partial charge on any atom is 0.243 e. The number of amides is 4. The molecule has 0 aliphatic rings. The Kier molecular flexibility index (Phi) is 19.1. The van der Waals surface area contributed by atoms with Crippen LogP contribution in [0.25, 0.3) is 0 Å². The topological polar surface area (TPSA) is 186 Å². The number of hydrogen-bond donors (Lipinski definition) is 6. The number of nitrogens with one attached hydrogen (secondary N) is 4. The number of hydrogen-bond acceptors (Lipinski definition) is 7. The van der Waals surface area contributed by atoms with E-state index in [9.17, 15) is 24.0 Å². The largest absolute Gasteiger partial charge is 0.345 e. The summed E-state index contributed by atoms with van der Waals surface area (Å²) in [5.74, 6) is -1.26. The third kappa shape index (κ3) is 17.1. The lowest BCUT2D eigenvalue weighted by atomic mass is 9.99. The van der Waals surface area contributed by atoms with Gasteiger partial charge in [0, 0.05) is 0 Å². The fourth-order valence-corrected chi connectivity index (χ4v) is 4.55. The van der Waals surface area contributed by atoms with Crippen molar-refractivity contribution in [1.82, 2.24) is 21.3 Å². The maximum atomic E-state index is 13.5. The van der Waals surface area contributed by atoms with Crippen LogP contribution in [-0.4, -0.2) is 66.7 Å². The molecule has 8 N–H and O–H groups in total. The summed E-state index contributed by atoms with van der Waals surface area (Å²) in [4.78, 5) is 64.3. The zero-order chi connectivity index (χ0) is 31.7. The summed E-state index contributed by atoms with van der Waals surface area (Å²) in [5, 5.41) is 11.1. The standard InChI is InChI=1S/C30H58N6O5/c1-18(2)13-22(17-37)33-29(40)25(15-20(5)6)36-28(39)24(11-9-10-12-31)34-30(41)26(16-21(7)8)35-27(38)23(32)14-19(3)4/h17-26H,9-16,31-32H2,1-8H3,(H,33,40)(H,34,41)(H,35,38)(H,36,39)/t22-,23-,24-,25-,26-/m0/s1. The van der Waals surface area contributed by atoms with Crippen molar-refractivity contribution < 1.29 is 24.0 Å². The molecule has 0 bridgehead atoms. The molecule has 0 aromatic heterocycles. The van der Waals surface area contributed by atoms with E-state index in [2.05, 4.69) is 21.3 Å². The van der Waals surface area contributed by atoms with Crippen molar-refractivity contribution in [1.29, 1.82) is 0 Å². The van der Waals surface area contributed by atoms with Crippen LogP contribution in [0.5, 0.6) is 0 Å². The van der Waals surface area contributed by atoms with Crippen molar-refractivity contribution in [3.63, 3.8) is 0 Å². The second-order valence-electron chi connectivity index (χ2n) is 12.8. The fraction of sp³-hybridized carbons (Fsp3) is 0.833. The summed E-state index contributed by atoms with van der Waals surface area (Å²) in [7, 11) is 0. The van der Waals surface area contributed by atoms with Crippen molar-refractivity contribution in [2.45, 2.75) is 131 Å². The van der Waals surface area contributed by atoms with E-state index in [0.717, 1.165) is 0 Å². The molecule has 5 atom stereocenters. The Labute approximate surface area is 247 Å². The van der Waals surface area contributed by atoms with E-state index in [1.165, 1.54) is 0 Å². The van der Waals surface area contributed by atoms with Gasteiger partial charge in [0.2, 0.25) is 23.6 Å². The van der Waals surface area contributed by atoms with Gasteiger partial charge in [0.1, 0.15) is 24.4 Å². The quantitative estimate of drug-likeness (QED) is 0.0879. The highest BCUT2D eigenvalue weighted by Gasteiger charge is 2.31. The molecule has 0 aromatic rings. The summed E-state index contributed by atoms with van der Waals surface area (Å²) >= 11 is 0. The van der Waals surface area contributed by atoms with Gasteiger partial charge in [-0.2, -0.15) is 0 Å². The van der Waals surface area contributed by atoms with Gasteiger partial charge in [0.25, 0.3) is 0 Å². The van der Waals surface area contributed by atoms with Crippen LogP contribution < -0.4 is 32.7 Å². The minimum atomic E-state index is -0.940. The first-order chi connectivity index (χ1) is 19.1. The molecule has 0 fully saturated rings. The number of carbonyl (C=O) groups is 5. The minimum Gasteiger partial charge on any atom is -0.345 e. The van der Waals surface area contributed by atoms with E-state index < -0.39 is 53.8 Å². The average Bonchev–Trinajstić information content (AvgIpc) is 2.85. The van der Waals surface area contributed by atoms with Crippen LogP contribution in [-0.2, 0) is 24.0 Å². The van der Waals surface area contributed by atoms with Gasteiger partial charge in [-0.15, -0.1) is 0 Å². The first-order valence-electron chi connectivity index (χ1n) is 15.2. The third-order valence-corrected chi connectivity index (χ3v) is 6.54. The first-order valence-corrected chi connectivity index (χ1v) is 15.2. The molecular formula is C30H58N6O5. The van der Waals surface area contributed by atoms with Crippen LogP contribution in [0.1, 0.15) is 100 Å². The number of nitrogens with two attached hydrogens (primary N) is 2. The van der Waals surface area contributed by atoms with E-state index in [1.807, 2.05) is 55.4 Å². The summed E-state index contributed by atoms with van der Waals surface area (Å²) in [5.41, 5.74) is 11.7. The first kappa shape index (κ1) is 38.5. The number of rotatable bonds is 21. The molecule has 0 spiro atoms. The molecule has 0 aliphatic heterocycles. The molecule has 0 rings (SSSR count). The second kappa shape index (κ2) is 20.4. The van der Waals surface area contributed by atoms with Crippen LogP contribution in [0.2, 0.25) is 0 Å². The molecular weight excluding hydrogens is 524 g/mol. The summed E-state index contributed by atoms with van der Waals surface area (Å²) in [6, 6.07) is -4.10. The Hall–Kier alpha value is -2.53. The molecule has 238 valence electrons. The average molecular weight is 583 g/mol. The third-order valence-electron chi connectivity index (χ3n) is 6.54. The van der Waals surface area contributed by atoms with E-state index in [1.54, 1.807) is 0 Å². The highest BCUT2D eigenvalue weighted by Crippen LogP contribution is 2.11. The molecule has 0 aromatic carbocycles. The molecule has 0 saturated carbocycles. The summed E-state index contributed by atoms with van der Waals surface area (Å²) in [6.07, 6.45) is 3.94. The van der Waals surface area contributed by atoms with Crippen LogP contribution in [0, 0.1) is 23.7 Å². The van der Waals surface area contributed by atoms with Gasteiger partial charge in [0.15, 0.2) is 0 Å². The van der Waals surface area contributed by atoms with Gasteiger partial charge in [-0.3, -0.25) is 19.2 Å². The molecule has 0 saturated heterocycles. The van der Waals surface area contributed by atoms with Crippen LogP contribution >= 0.6 is 0 Å². The molecule has 0 heterocycles. The van der Waals surface area contributed by atoms with Crippen molar-refractivity contribution in [3.05, 3.63) is 0 Å². The highest BCUT2D eigenvalue weighted by atomic mass is 16.2. The van der Waals surface area contributed by atoms with Crippen molar-refractivity contribution in [2.24, 2.45) is 35.1 Å². The van der Waals surface area contributed by atoms with E-state index in [-0.39, 0.29) is 23.7 Å². The Bertz CT molecular complexity index is 817. The Balaban J connectivity index is 5.82. The molecule has 0 radical (unpaired) electrons. The fourth-order valence-electron chi connectivity index (χ4n) is 4.55. The highest BCUT2D eigenvalue weighted by molar-refractivity contribution is 5.95. The molecule has 41 heavy (non-hydrogen) atoms. The molecule has 11 nitrogen and oxygen atoms in total. The Morgan fingerprint density at radius 3 is 1.44 bits per heavy atom. The minimum absolute atomic E-state index is 0.0804. The predicted octanol–water partition coefficient (Wildman–Crippen LogP) is 1.77. The number of carbonyl (C=O) groups excluding carboxylic acids is 5. The SMILES string of the molecule is CC(C)C[C@@H](C=O)NC(=O)[C@H](CC(C)C)NC(=O)[C@H](CCCCN)NC(=O)[C@H](CC(C)C)NC(=O)[C@@H](N)CC(C)C. The smallest absolute Gasteiger partial charge is 0.243 e. The number of aldehydes is 1. The normalized spacial score (nSPS) is 15.3. The lowest BCUT2D eigenvalue weighted by Crippen LogP contribution is -2.58. The van der Waals surface area contributed by atoms with Crippen LogP contribution in [0.4, 0.5) is 0 Å². The second-order valence-corrected chi connectivity index (χ2v) is 12.8. The summed E-state index contributed by atoms with van der Waals surface area (Å²) in [6.45, 7) is 16.0. The van der Waals surface area contributed by atoms with Gasteiger partial charge in [-0.1, -0.05) is 55.4 Å². The van der Waals surface area contributed by atoms with E-state index in [4.69, 9.17) is 11.5 Å². The zero-order valence-corrected chi connectivity index (χ0v) is 26.6. The predicted molar refractivity (Wildman–Crippen MR) is 162 cm³/mol. The van der Waals surface area contributed by atoms with Gasteiger partial charge in [-0.25, -0.2) is 0 Å². The lowest BCUT2D eigenvalue weighted by Gasteiger charge is -2.27. The van der Waals surface area contributed by atoms with Crippen molar-refractivity contribution in [2.75, 3.05) is 6.54 Å². The zero-order valence-electron chi connectivity index (χ0n) is 26.6. The van der Waals surface area contributed by atoms with Gasteiger partial charge in [-0.05, 0) is 75.2 Å². The van der Waals surface area contributed by atoms with Gasteiger partial charge in [0.05, 0.1) is 12.1 Å². The van der Waals surface area contributed by atoms with E-state index >= 15 is 0 Å². The maximum absolute atomic E-state index is 13.5. The Morgan fingerprint density at radius 1 is 0.585 bits per heavy atom. The van der Waals surface area contributed by atoms with Gasteiger partial charge < -0.3 is 37.5 Å². The van der Waals surface area contributed by atoms with E-state index in [0.29, 0.717) is 57.8 Å². The molecule has 0 unspecified atom stereocenters.